The minimum Gasteiger partial charge on any atom is -0.489 e. The fourth-order valence-corrected chi connectivity index (χ4v) is 2.77. The van der Waals surface area contributed by atoms with E-state index in [1.54, 1.807) is 6.92 Å². The van der Waals surface area contributed by atoms with Gasteiger partial charge in [0.15, 0.2) is 6.39 Å². The molecule has 0 fully saturated rings. The lowest BCUT2D eigenvalue weighted by molar-refractivity contribution is 0.0916. The van der Waals surface area contributed by atoms with Gasteiger partial charge in [-0.15, -0.1) is 0 Å². The molecule has 6 nitrogen and oxygen atoms in total. The summed E-state index contributed by atoms with van der Waals surface area (Å²) in [6.07, 6.45) is 1.40. The van der Waals surface area contributed by atoms with E-state index in [9.17, 15) is 4.79 Å². The average molecular weight is 315 g/mol. The fraction of sp³-hybridized carbons (Fsp3) is 0.412. The molecule has 2 heterocycles. The van der Waals surface area contributed by atoms with Crippen molar-refractivity contribution >= 4 is 5.91 Å². The first-order valence-electron chi connectivity index (χ1n) is 7.78. The monoisotopic (exact) mass is 315 g/mol. The van der Waals surface area contributed by atoms with Crippen LogP contribution in [0.15, 0.2) is 35.1 Å². The van der Waals surface area contributed by atoms with Crippen LogP contribution in [-0.2, 0) is 6.54 Å². The van der Waals surface area contributed by atoms with E-state index in [0.29, 0.717) is 12.2 Å². The third-order valence-corrected chi connectivity index (χ3v) is 3.88. The van der Waals surface area contributed by atoms with Crippen molar-refractivity contribution in [2.24, 2.45) is 0 Å². The van der Waals surface area contributed by atoms with Gasteiger partial charge < -0.3 is 14.5 Å². The van der Waals surface area contributed by atoms with E-state index in [-0.39, 0.29) is 17.8 Å². The van der Waals surface area contributed by atoms with Crippen LogP contribution in [0, 0.1) is 6.92 Å². The van der Waals surface area contributed by atoms with Gasteiger partial charge in [0.2, 0.25) is 5.76 Å². The third-order valence-electron chi connectivity index (χ3n) is 3.88. The van der Waals surface area contributed by atoms with E-state index in [1.807, 2.05) is 18.2 Å². The molecule has 0 bridgehead atoms. The van der Waals surface area contributed by atoms with Crippen LogP contribution >= 0.6 is 0 Å². The van der Waals surface area contributed by atoms with Crippen LogP contribution in [0.5, 0.6) is 5.75 Å². The van der Waals surface area contributed by atoms with Gasteiger partial charge in [-0.2, -0.15) is 0 Å². The molecule has 122 valence electrons. The highest BCUT2D eigenvalue weighted by Crippen LogP contribution is 2.24. The summed E-state index contributed by atoms with van der Waals surface area (Å²) in [5, 5.41) is 2.88. The molecule has 1 N–H and O–H groups in total. The maximum absolute atomic E-state index is 12.0. The van der Waals surface area contributed by atoms with E-state index in [0.717, 1.165) is 25.4 Å². The number of hydrogen-bond acceptors (Lipinski definition) is 5. The lowest BCUT2D eigenvalue weighted by Crippen LogP contribution is -2.37. The van der Waals surface area contributed by atoms with Gasteiger partial charge in [0.25, 0.3) is 5.91 Å². The Morgan fingerprint density at radius 1 is 1.43 bits per heavy atom. The van der Waals surface area contributed by atoms with E-state index >= 15 is 0 Å². The summed E-state index contributed by atoms with van der Waals surface area (Å²) in [5.74, 6) is 1.01. The molecule has 0 saturated heterocycles. The summed E-state index contributed by atoms with van der Waals surface area (Å²) in [4.78, 5) is 18.2. The molecule has 1 aromatic carbocycles. The van der Waals surface area contributed by atoms with Crippen LogP contribution in [-0.4, -0.2) is 41.5 Å². The molecular formula is C17H21N3O3. The summed E-state index contributed by atoms with van der Waals surface area (Å²) in [6, 6.07) is 8.09. The topological polar surface area (TPSA) is 67.6 Å². The third kappa shape index (κ3) is 3.71. The van der Waals surface area contributed by atoms with Gasteiger partial charge in [-0.05, 0) is 19.9 Å². The van der Waals surface area contributed by atoms with Crippen molar-refractivity contribution in [2.45, 2.75) is 26.5 Å². The number of carbonyl (C=O) groups excluding carboxylic acids is 1. The van der Waals surface area contributed by atoms with Gasteiger partial charge in [0.05, 0.1) is 5.69 Å². The molecule has 0 radical (unpaired) electrons. The summed E-state index contributed by atoms with van der Waals surface area (Å²) in [7, 11) is 0. The molecule has 0 aliphatic carbocycles. The number of fused-ring (bicyclic) bond motifs is 1. The van der Waals surface area contributed by atoms with Gasteiger partial charge in [-0.25, -0.2) is 4.98 Å². The number of nitrogens with one attached hydrogen (secondary N) is 1. The van der Waals surface area contributed by atoms with Crippen molar-refractivity contribution in [3.63, 3.8) is 0 Å². The lowest BCUT2D eigenvalue weighted by Gasteiger charge is -2.21. The first-order valence-corrected chi connectivity index (χ1v) is 7.78. The molecule has 23 heavy (non-hydrogen) atoms. The summed E-state index contributed by atoms with van der Waals surface area (Å²) in [5.41, 5.74) is 1.78. The lowest BCUT2D eigenvalue weighted by atomic mass is 10.2. The van der Waals surface area contributed by atoms with E-state index in [4.69, 9.17) is 9.15 Å². The van der Waals surface area contributed by atoms with Crippen molar-refractivity contribution in [2.75, 3.05) is 19.6 Å². The first-order chi connectivity index (χ1) is 11.1. The molecule has 1 atom stereocenters. The van der Waals surface area contributed by atoms with Crippen LogP contribution in [0.4, 0.5) is 0 Å². The molecule has 1 amide bonds. The van der Waals surface area contributed by atoms with Gasteiger partial charge >= 0.3 is 0 Å². The summed E-state index contributed by atoms with van der Waals surface area (Å²) >= 11 is 0. The molecule has 2 aromatic rings. The zero-order chi connectivity index (χ0) is 16.2. The van der Waals surface area contributed by atoms with Crippen LogP contribution < -0.4 is 10.1 Å². The largest absolute Gasteiger partial charge is 0.489 e. The van der Waals surface area contributed by atoms with E-state index < -0.39 is 0 Å². The Bertz CT molecular complexity index is 683. The number of aryl methyl sites for hydroxylation is 1. The maximum atomic E-state index is 12.0. The Kier molecular flexibility index (Phi) is 4.62. The van der Waals surface area contributed by atoms with Crippen LogP contribution in [0.25, 0.3) is 0 Å². The predicted octanol–water partition coefficient (Wildman–Crippen LogP) is 2.00. The molecule has 3 rings (SSSR count). The average Bonchev–Trinajstić information content (AvgIpc) is 2.87. The van der Waals surface area contributed by atoms with Gasteiger partial charge in [-0.3, -0.25) is 9.69 Å². The maximum Gasteiger partial charge on any atom is 0.289 e. The zero-order valence-corrected chi connectivity index (χ0v) is 13.4. The quantitative estimate of drug-likeness (QED) is 0.934. The highest BCUT2D eigenvalue weighted by Gasteiger charge is 2.20. The number of nitrogens with zero attached hydrogens (tertiary/aromatic N) is 2. The van der Waals surface area contributed by atoms with E-state index in [2.05, 4.69) is 28.2 Å². The Labute approximate surface area is 135 Å². The smallest absolute Gasteiger partial charge is 0.289 e. The molecule has 6 heteroatoms. The number of aromatic nitrogens is 1. The molecule has 0 unspecified atom stereocenters. The molecule has 0 saturated carbocycles. The Morgan fingerprint density at radius 3 is 3.04 bits per heavy atom. The molecule has 0 spiro atoms. The van der Waals surface area contributed by atoms with Crippen LogP contribution in [0.2, 0.25) is 0 Å². The standard InChI is InChI=1S/C17H21N3O3/c1-12-9-20(10-14-5-3-4-6-15(14)23-12)8-7-18-17(21)16-13(2)19-11-22-16/h3-6,11-12H,7-10H2,1-2H3,(H,18,21)/t12-/m0/s1. The van der Waals surface area contributed by atoms with Crippen molar-refractivity contribution in [1.82, 2.24) is 15.2 Å². The number of oxazole rings is 1. The van der Waals surface area contributed by atoms with Gasteiger partial charge in [0, 0.05) is 31.7 Å². The van der Waals surface area contributed by atoms with Gasteiger partial charge in [0.1, 0.15) is 11.9 Å². The summed E-state index contributed by atoms with van der Waals surface area (Å²) in [6.45, 7) is 6.76. The highest BCUT2D eigenvalue weighted by atomic mass is 16.5. The number of ether oxygens (including phenoxy) is 1. The number of carbonyl (C=O) groups is 1. The van der Waals surface area contributed by atoms with Crippen molar-refractivity contribution < 1.29 is 13.9 Å². The minimum absolute atomic E-state index is 0.117. The van der Waals surface area contributed by atoms with Crippen LogP contribution in [0.1, 0.15) is 28.7 Å². The normalized spacial score (nSPS) is 17.9. The second-order valence-electron chi connectivity index (χ2n) is 5.79. The molecular weight excluding hydrogens is 294 g/mol. The van der Waals surface area contributed by atoms with Crippen molar-refractivity contribution in [3.05, 3.63) is 47.7 Å². The summed E-state index contributed by atoms with van der Waals surface area (Å²) < 4.78 is 11.0. The SMILES string of the molecule is Cc1ncoc1C(=O)NCCN1Cc2ccccc2O[C@@H](C)C1. The fourth-order valence-electron chi connectivity index (χ4n) is 2.77. The van der Waals surface area contributed by atoms with Crippen molar-refractivity contribution in [3.8, 4) is 5.75 Å². The highest BCUT2D eigenvalue weighted by molar-refractivity contribution is 5.92. The molecule has 1 aliphatic heterocycles. The molecule has 1 aromatic heterocycles. The predicted molar refractivity (Wildman–Crippen MR) is 85.4 cm³/mol. The van der Waals surface area contributed by atoms with Crippen molar-refractivity contribution in [1.29, 1.82) is 0 Å². The number of amides is 1. The zero-order valence-electron chi connectivity index (χ0n) is 13.4. The number of para-hydroxylation sites is 1. The van der Waals surface area contributed by atoms with E-state index in [1.165, 1.54) is 12.0 Å². The number of rotatable bonds is 4. The number of benzene rings is 1. The first kappa shape index (κ1) is 15.6. The van der Waals surface area contributed by atoms with Gasteiger partial charge in [-0.1, -0.05) is 18.2 Å². The Morgan fingerprint density at radius 2 is 2.26 bits per heavy atom. The Balaban J connectivity index is 1.56. The minimum atomic E-state index is -0.223. The second kappa shape index (κ2) is 6.83. The number of hydrogen-bond donors (Lipinski definition) is 1. The molecule has 1 aliphatic rings. The van der Waals surface area contributed by atoms with Crippen LogP contribution in [0.3, 0.4) is 0 Å². The Hall–Kier alpha value is -2.34. The second-order valence-corrected chi connectivity index (χ2v) is 5.79.